The first-order valence-corrected chi connectivity index (χ1v) is 12.4. The van der Waals surface area contributed by atoms with Crippen LogP contribution in [0.3, 0.4) is 0 Å². The summed E-state index contributed by atoms with van der Waals surface area (Å²) in [6.45, 7) is 4.16. The number of hydrogen-bond donors (Lipinski definition) is 1. The highest BCUT2D eigenvalue weighted by Crippen LogP contribution is 2.37. The maximum Gasteiger partial charge on any atom is 0.335 e. The third kappa shape index (κ3) is 4.95. The third-order valence-corrected chi connectivity index (χ3v) is 6.67. The van der Waals surface area contributed by atoms with Gasteiger partial charge in [-0.25, -0.2) is 9.69 Å². The first-order chi connectivity index (χ1) is 18.2. The van der Waals surface area contributed by atoms with Crippen LogP contribution < -0.4 is 29.2 Å². The maximum atomic E-state index is 13.3. The molecule has 0 aliphatic carbocycles. The molecule has 2 heterocycles. The van der Waals surface area contributed by atoms with Crippen LogP contribution in [0.2, 0.25) is 0 Å². The van der Waals surface area contributed by atoms with Crippen molar-refractivity contribution in [3.05, 3.63) is 80.8 Å². The SMILES string of the molecule is COc1cc(/C=C2\C(=O)NC(=O)N(c3cc(C)cc(C)c3)C2=O)c(Br)cc1OCc1ccc2c(c1)OCO2. The largest absolute Gasteiger partial charge is 0.493 e. The number of urea groups is 1. The second kappa shape index (κ2) is 10.2. The smallest absolute Gasteiger partial charge is 0.335 e. The maximum absolute atomic E-state index is 13.3. The van der Waals surface area contributed by atoms with Crippen LogP contribution in [0.25, 0.3) is 6.08 Å². The summed E-state index contributed by atoms with van der Waals surface area (Å²) in [5.74, 6) is 0.681. The molecule has 1 N–H and O–H groups in total. The lowest BCUT2D eigenvalue weighted by atomic mass is 10.0. The van der Waals surface area contributed by atoms with Gasteiger partial charge in [0, 0.05) is 4.47 Å². The second-order valence-corrected chi connectivity index (χ2v) is 9.66. The quantitative estimate of drug-likeness (QED) is 0.322. The lowest BCUT2D eigenvalue weighted by molar-refractivity contribution is -0.122. The van der Waals surface area contributed by atoms with E-state index in [1.165, 1.54) is 13.2 Å². The molecule has 194 valence electrons. The van der Waals surface area contributed by atoms with E-state index < -0.39 is 17.8 Å². The molecule has 2 aliphatic rings. The zero-order valence-electron chi connectivity index (χ0n) is 20.8. The van der Waals surface area contributed by atoms with E-state index in [0.29, 0.717) is 38.7 Å². The number of aryl methyl sites for hydroxylation is 2. The van der Waals surface area contributed by atoms with Crippen molar-refractivity contribution < 1.29 is 33.3 Å². The molecule has 9 nitrogen and oxygen atoms in total. The molecule has 4 amide bonds. The van der Waals surface area contributed by atoms with Gasteiger partial charge in [-0.05, 0) is 78.6 Å². The monoisotopic (exact) mass is 578 g/mol. The van der Waals surface area contributed by atoms with Gasteiger partial charge in [0.05, 0.1) is 12.8 Å². The normalized spacial score (nSPS) is 15.6. The van der Waals surface area contributed by atoms with E-state index in [4.69, 9.17) is 18.9 Å². The van der Waals surface area contributed by atoms with Crippen molar-refractivity contribution in [2.75, 3.05) is 18.8 Å². The third-order valence-electron chi connectivity index (χ3n) is 5.98. The van der Waals surface area contributed by atoms with E-state index in [1.807, 2.05) is 38.1 Å². The number of methoxy groups -OCH3 is 1. The molecule has 10 heteroatoms. The summed E-state index contributed by atoms with van der Waals surface area (Å²) >= 11 is 3.49. The Hall–Kier alpha value is -4.31. The molecule has 3 aromatic carbocycles. The molecule has 0 aromatic heterocycles. The Morgan fingerprint density at radius 2 is 1.71 bits per heavy atom. The Balaban J connectivity index is 1.42. The first-order valence-electron chi connectivity index (χ1n) is 11.6. The van der Waals surface area contributed by atoms with E-state index in [-0.39, 0.29) is 19.0 Å². The number of imide groups is 2. The van der Waals surface area contributed by atoms with Crippen LogP contribution in [0, 0.1) is 13.8 Å². The molecule has 0 radical (unpaired) electrons. The molecule has 38 heavy (non-hydrogen) atoms. The summed E-state index contributed by atoms with van der Waals surface area (Å²) in [7, 11) is 1.49. The van der Waals surface area contributed by atoms with E-state index >= 15 is 0 Å². The van der Waals surface area contributed by atoms with Gasteiger partial charge in [-0.2, -0.15) is 0 Å². The van der Waals surface area contributed by atoms with Crippen LogP contribution in [0.5, 0.6) is 23.0 Å². The zero-order valence-corrected chi connectivity index (χ0v) is 22.4. The Bertz CT molecular complexity index is 1500. The van der Waals surface area contributed by atoms with Gasteiger partial charge in [0.25, 0.3) is 11.8 Å². The van der Waals surface area contributed by atoms with E-state index in [2.05, 4.69) is 21.2 Å². The average Bonchev–Trinajstić information content (AvgIpc) is 3.33. The minimum absolute atomic E-state index is 0.189. The van der Waals surface area contributed by atoms with Gasteiger partial charge in [0.2, 0.25) is 6.79 Å². The molecule has 0 spiro atoms. The van der Waals surface area contributed by atoms with Gasteiger partial charge in [-0.3, -0.25) is 14.9 Å². The lowest BCUT2D eigenvalue weighted by Gasteiger charge is -2.27. The van der Waals surface area contributed by atoms with Gasteiger partial charge in [0.15, 0.2) is 23.0 Å². The number of anilines is 1. The standard InChI is InChI=1S/C28H23BrN2O7/c1-15-6-16(2)8-19(7-15)31-27(33)20(26(32)30-28(31)34)10-18-11-23(35-3)25(12-21(18)29)36-13-17-4-5-22-24(9-17)38-14-37-22/h4-12H,13-14H2,1-3H3,(H,30,32,34)/b20-10+. The number of carbonyl (C=O) groups excluding carboxylic acids is 3. The molecule has 0 unspecified atom stereocenters. The predicted octanol–water partition coefficient (Wildman–Crippen LogP) is 5.05. The Morgan fingerprint density at radius 3 is 2.45 bits per heavy atom. The van der Waals surface area contributed by atoms with Crippen molar-refractivity contribution in [1.29, 1.82) is 0 Å². The van der Waals surface area contributed by atoms with Gasteiger partial charge >= 0.3 is 6.03 Å². The summed E-state index contributed by atoms with van der Waals surface area (Å²) in [4.78, 5) is 39.5. The van der Waals surface area contributed by atoms with Gasteiger partial charge < -0.3 is 18.9 Å². The average molecular weight is 579 g/mol. The number of nitrogens with one attached hydrogen (secondary N) is 1. The van der Waals surface area contributed by atoms with Crippen LogP contribution in [-0.2, 0) is 16.2 Å². The van der Waals surface area contributed by atoms with E-state index in [0.717, 1.165) is 21.6 Å². The summed E-state index contributed by atoms with van der Waals surface area (Å²) in [6.07, 6.45) is 1.41. The molecule has 5 rings (SSSR count). The topological polar surface area (TPSA) is 103 Å². The minimum Gasteiger partial charge on any atom is -0.493 e. The van der Waals surface area contributed by atoms with Gasteiger partial charge in [-0.15, -0.1) is 0 Å². The Morgan fingerprint density at radius 1 is 0.974 bits per heavy atom. The second-order valence-electron chi connectivity index (χ2n) is 8.80. The molecule has 0 atom stereocenters. The first kappa shape index (κ1) is 25.3. The number of hydrogen-bond acceptors (Lipinski definition) is 7. The highest BCUT2D eigenvalue weighted by molar-refractivity contribution is 9.10. The number of nitrogens with zero attached hydrogens (tertiary/aromatic N) is 1. The fourth-order valence-electron chi connectivity index (χ4n) is 4.25. The molecular formula is C28H23BrN2O7. The number of carbonyl (C=O) groups is 3. The van der Waals surface area contributed by atoms with E-state index in [9.17, 15) is 14.4 Å². The number of fused-ring (bicyclic) bond motifs is 1. The Labute approximate surface area is 227 Å². The number of halogens is 1. The van der Waals surface area contributed by atoms with E-state index in [1.54, 1.807) is 24.3 Å². The van der Waals surface area contributed by atoms with Gasteiger partial charge in [-0.1, -0.05) is 28.1 Å². The van der Waals surface area contributed by atoms with Crippen molar-refractivity contribution in [1.82, 2.24) is 5.32 Å². The number of ether oxygens (including phenoxy) is 4. The van der Waals surface area contributed by atoms with Crippen molar-refractivity contribution in [3.8, 4) is 23.0 Å². The van der Waals surface area contributed by atoms with Crippen molar-refractivity contribution in [2.24, 2.45) is 0 Å². The molecule has 3 aromatic rings. The number of amides is 4. The molecule has 2 aliphatic heterocycles. The van der Waals surface area contributed by atoms with Crippen LogP contribution in [0.1, 0.15) is 22.3 Å². The van der Waals surface area contributed by atoms with Crippen molar-refractivity contribution >= 4 is 45.5 Å². The molecular weight excluding hydrogens is 556 g/mol. The highest BCUT2D eigenvalue weighted by Gasteiger charge is 2.37. The predicted molar refractivity (Wildman–Crippen MR) is 143 cm³/mol. The molecule has 1 saturated heterocycles. The van der Waals surface area contributed by atoms with Crippen molar-refractivity contribution in [3.63, 3.8) is 0 Å². The summed E-state index contributed by atoms with van der Waals surface area (Å²) in [6, 6.07) is 13.4. The van der Waals surface area contributed by atoms with Crippen LogP contribution in [0.4, 0.5) is 10.5 Å². The van der Waals surface area contributed by atoms with Crippen LogP contribution in [0.15, 0.2) is 58.6 Å². The fourth-order valence-corrected chi connectivity index (χ4v) is 4.69. The number of benzene rings is 3. The Kier molecular flexibility index (Phi) is 6.81. The highest BCUT2D eigenvalue weighted by atomic mass is 79.9. The zero-order chi connectivity index (χ0) is 27.0. The number of rotatable bonds is 6. The summed E-state index contributed by atoms with van der Waals surface area (Å²) < 4.78 is 22.8. The lowest BCUT2D eigenvalue weighted by Crippen LogP contribution is -2.54. The summed E-state index contributed by atoms with van der Waals surface area (Å²) in [5.41, 5.74) is 3.32. The molecule has 0 bridgehead atoms. The number of barbiturate groups is 1. The molecule has 0 saturated carbocycles. The molecule has 1 fully saturated rings. The van der Waals surface area contributed by atoms with Crippen LogP contribution >= 0.6 is 15.9 Å². The summed E-state index contributed by atoms with van der Waals surface area (Å²) in [5, 5.41) is 2.25. The van der Waals surface area contributed by atoms with Crippen molar-refractivity contribution in [2.45, 2.75) is 20.5 Å². The fraction of sp³-hybridized carbons (Fsp3) is 0.179. The van der Waals surface area contributed by atoms with Crippen LogP contribution in [-0.4, -0.2) is 31.7 Å². The van der Waals surface area contributed by atoms with Gasteiger partial charge in [0.1, 0.15) is 12.2 Å². The minimum atomic E-state index is -0.800.